The fourth-order valence-corrected chi connectivity index (χ4v) is 4.45. The fraction of sp³-hybridized carbons (Fsp3) is 0.565. The van der Waals surface area contributed by atoms with Crippen molar-refractivity contribution in [2.45, 2.75) is 78.4 Å². The molecule has 1 aliphatic rings. The van der Waals surface area contributed by atoms with Gasteiger partial charge in [0.05, 0.1) is 17.3 Å². The van der Waals surface area contributed by atoms with Crippen molar-refractivity contribution in [3.8, 4) is 0 Å². The van der Waals surface area contributed by atoms with Gasteiger partial charge < -0.3 is 15.6 Å². The number of aromatic amines is 1. The Bertz CT molecular complexity index is 897. The zero-order valence-corrected chi connectivity index (χ0v) is 18.2. The first-order valence-electron chi connectivity index (χ1n) is 10.7. The van der Waals surface area contributed by atoms with Gasteiger partial charge in [-0.3, -0.25) is 9.78 Å². The molecule has 0 fully saturated rings. The second-order valence-corrected chi connectivity index (χ2v) is 8.38. The number of nitrogens with zero attached hydrogens (tertiary/aromatic N) is 2. The monoisotopic (exact) mass is 400 g/mol. The van der Waals surface area contributed by atoms with Crippen molar-refractivity contribution < 1.29 is 9.18 Å². The highest BCUT2D eigenvalue weighted by molar-refractivity contribution is 5.99. The number of hydrogen-bond acceptors (Lipinski definition) is 3. The molecule has 0 saturated carbocycles. The second-order valence-electron chi connectivity index (χ2n) is 8.38. The van der Waals surface area contributed by atoms with Crippen LogP contribution in [-0.4, -0.2) is 27.3 Å². The fourth-order valence-electron chi connectivity index (χ4n) is 4.45. The van der Waals surface area contributed by atoms with Crippen LogP contribution in [0.4, 0.5) is 10.1 Å². The lowest BCUT2D eigenvalue weighted by atomic mass is 9.90. The van der Waals surface area contributed by atoms with Gasteiger partial charge in [0.15, 0.2) is 0 Å². The number of carbonyl (C=O) groups excluding carboxylic acids is 1. The number of aromatic nitrogens is 2. The Labute approximate surface area is 172 Å². The van der Waals surface area contributed by atoms with E-state index < -0.39 is 5.67 Å². The quantitative estimate of drug-likeness (QED) is 0.727. The average Bonchev–Trinajstić information content (AvgIpc) is 3.04. The predicted molar refractivity (Wildman–Crippen MR) is 115 cm³/mol. The first-order chi connectivity index (χ1) is 13.7. The Morgan fingerprint density at radius 3 is 2.66 bits per heavy atom. The molecular formula is C23H33FN4O. The van der Waals surface area contributed by atoms with Gasteiger partial charge in [-0.15, -0.1) is 0 Å². The Morgan fingerprint density at radius 1 is 1.38 bits per heavy atom. The molecule has 2 aromatic heterocycles. The zero-order chi connectivity index (χ0) is 21.3. The first-order valence-corrected chi connectivity index (χ1v) is 10.7. The minimum absolute atomic E-state index is 0.0149. The van der Waals surface area contributed by atoms with E-state index in [0.717, 1.165) is 32.1 Å². The number of nitrogens with two attached hydrogens (primary N) is 1. The van der Waals surface area contributed by atoms with Crippen LogP contribution in [0.1, 0.15) is 92.1 Å². The minimum atomic E-state index is -1.60. The number of nitrogens with one attached hydrogen (secondary N) is 1. The van der Waals surface area contributed by atoms with Gasteiger partial charge in [-0.25, -0.2) is 4.39 Å². The van der Waals surface area contributed by atoms with Gasteiger partial charge in [0, 0.05) is 36.2 Å². The number of halogens is 1. The van der Waals surface area contributed by atoms with Crippen molar-refractivity contribution in [2.75, 3.05) is 12.3 Å². The van der Waals surface area contributed by atoms with Crippen LogP contribution in [0.3, 0.4) is 0 Å². The van der Waals surface area contributed by atoms with Crippen molar-refractivity contribution in [1.29, 1.82) is 0 Å². The summed E-state index contributed by atoms with van der Waals surface area (Å²) >= 11 is 0. The smallest absolute Gasteiger partial charge is 0.258 e. The standard InChI is InChI=1S/C23H33FN4O/c1-6-9-14-17(7-2)27-18-10-11-28(19(8-3)21(14)18)22(29)15-13-26-20(12-16(15)25)23(4,5)24/h12-13,19,27H,6-11H2,1-5H3,(H2,25,26). The molecule has 5 nitrogen and oxygen atoms in total. The molecule has 3 rings (SSSR count). The van der Waals surface area contributed by atoms with Crippen molar-refractivity contribution in [1.82, 2.24) is 14.9 Å². The first kappa shape index (κ1) is 21.3. The molecule has 0 aliphatic carbocycles. The molecule has 0 aromatic carbocycles. The highest BCUT2D eigenvalue weighted by Crippen LogP contribution is 2.38. The number of anilines is 1. The number of rotatable bonds is 6. The lowest BCUT2D eigenvalue weighted by molar-refractivity contribution is 0.0654. The van der Waals surface area contributed by atoms with Crippen LogP contribution in [0.2, 0.25) is 0 Å². The normalized spacial score (nSPS) is 16.8. The molecule has 1 amide bonds. The van der Waals surface area contributed by atoms with Gasteiger partial charge in [-0.2, -0.15) is 0 Å². The Balaban J connectivity index is 1.98. The minimum Gasteiger partial charge on any atom is -0.398 e. The molecule has 158 valence electrons. The van der Waals surface area contributed by atoms with E-state index in [0.29, 0.717) is 12.1 Å². The maximum absolute atomic E-state index is 14.2. The van der Waals surface area contributed by atoms with Crippen LogP contribution >= 0.6 is 0 Å². The van der Waals surface area contributed by atoms with Crippen molar-refractivity contribution in [2.24, 2.45) is 0 Å². The van der Waals surface area contributed by atoms with Crippen LogP contribution in [0.25, 0.3) is 0 Å². The number of amides is 1. The molecule has 0 saturated heterocycles. The average molecular weight is 401 g/mol. The van der Waals surface area contributed by atoms with Gasteiger partial charge >= 0.3 is 0 Å². The van der Waals surface area contributed by atoms with E-state index in [1.54, 1.807) is 0 Å². The van der Waals surface area contributed by atoms with Gasteiger partial charge in [-0.1, -0.05) is 27.2 Å². The van der Waals surface area contributed by atoms with Gasteiger partial charge in [-0.05, 0) is 50.3 Å². The summed E-state index contributed by atoms with van der Waals surface area (Å²) in [5, 5.41) is 0. The summed E-state index contributed by atoms with van der Waals surface area (Å²) in [4.78, 5) is 23.1. The topological polar surface area (TPSA) is 75.0 Å². The van der Waals surface area contributed by atoms with Gasteiger partial charge in [0.25, 0.3) is 5.91 Å². The molecule has 1 unspecified atom stereocenters. The zero-order valence-electron chi connectivity index (χ0n) is 18.2. The number of H-pyrrole nitrogens is 1. The van der Waals surface area contributed by atoms with E-state index in [9.17, 15) is 9.18 Å². The Morgan fingerprint density at radius 2 is 2.10 bits per heavy atom. The van der Waals surface area contributed by atoms with Crippen LogP contribution in [0.15, 0.2) is 12.3 Å². The molecule has 3 heterocycles. The number of hydrogen-bond donors (Lipinski definition) is 2. The number of carbonyl (C=O) groups is 1. The number of fused-ring (bicyclic) bond motifs is 1. The molecule has 0 radical (unpaired) electrons. The third-order valence-corrected chi connectivity index (χ3v) is 5.91. The third kappa shape index (κ3) is 3.89. The number of alkyl halides is 1. The molecule has 3 N–H and O–H groups in total. The molecule has 2 aromatic rings. The molecule has 0 spiro atoms. The summed E-state index contributed by atoms with van der Waals surface area (Å²) in [6.45, 7) is 9.97. The summed E-state index contributed by atoms with van der Waals surface area (Å²) in [6, 6.07) is 1.50. The number of pyridine rings is 1. The van der Waals surface area contributed by atoms with Gasteiger partial charge in [0.2, 0.25) is 0 Å². The van der Waals surface area contributed by atoms with E-state index >= 15 is 0 Å². The van der Waals surface area contributed by atoms with Crippen LogP contribution < -0.4 is 5.73 Å². The van der Waals surface area contributed by atoms with E-state index in [-0.39, 0.29) is 23.3 Å². The lowest BCUT2D eigenvalue weighted by Crippen LogP contribution is -2.40. The van der Waals surface area contributed by atoms with E-state index in [1.807, 2.05) is 4.90 Å². The summed E-state index contributed by atoms with van der Waals surface area (Å²) in [6.07, 6.45) is 6.11. The highest BCUT2D eigenvalue weighted by Gasteiger charge is 2.35. The summed E-state index contributed by atoms with van der Waals surface area (Å²) in [5.41, 5.74) is 10.6. The van der Waals surface area contributed by atoms with Crippen LogP contribution in [0, 0.1) is 0 Å². The Kier molecular flexibility index (Phi) is 6.01. The molecule has 6 heteroatoms. The molecule has 1 atom stereocenters. The van der Waals surface area contributed by atoms with Crippen molar-refractivity contribution in [3.05, 3.63) is 46.0 Å². The van der Waals surface area contributed by atoms with Crippen molar-refractivity contribution >= 4 is 11.6 Å². The lowest BCUT2D eigenvalue weighted by Gasteiger charge is -2.36. The number of aryl methyl sites for hydroxylation is 1. The Hall–Kier alpha value is -2.37. The maximum Gasteiger partial charge on any atom is 0.258 e. The molecule has 0 bridgehead atoms. The van der Waals surface area contributed by atoms with E-state index in [1.165, 1.54) is 48.6 Å². The SMILES string of the molecule is CCCc1c(CC)[nH]c2c1C(CC)N(C(=O)c1cnc(C(C)(C)F)cc1N)CC2. The van der Waals surface area contributed by atoms with Crippen LogP contribution in [-0.2, 0) is 24.9 Å². The molecule has 1 aliphatic heterocycles. The maximum atomic E-state index is 14.2. The molecular weight excluding hydrogens is 367 g/mol. The largest absolute Gasteiger partial charge is 0.398 e. The van der Waals surface area contributed by atoms with Crippen molar-refractivity contribution in [3.63, 3.8) is 0 Å². The predicted octanol–water partition coefficient (Wildman–Crippen LogP) is 4.86. The van der Waals surface area contributed by atoms with Gasteiger partial charge in [0.1, 0.15) is 5.67 Å². The summed E-state index contributed by atoms with van der Waals surface area (Å²) in [7, 11) is 0. The summed E-state index contributed by atoms with van der Waals surface area (Å²) in [5.74, 6) is -0.127. The second kappa shape index (κ2) is 8.17. The van der Waals surface area contributed by atoms with E-state index in [2.05, 4.69) is 30.7 Å². The van der Waals surface area contributed by atoms with E-state index in [4.69, 9.17) is 5.73 Å². The highest BCUT2D eigenvalue weighted by atomic mass is 19.1. The molecule has 29 heavy (non-hydrogen) atoms. The summed E-state index contributed by atoms with van der Waals surface area (Å²) < 4.78 is 14.2. The number of nitrogen functional groups attached to an aromatic ring is 1. The third-order valence-electron chi connectivity index (χ3n) is 5.91. The van der Waals surface area contributed by atoms with Crippen LogP contribution in [0.5, 0.6) is 0 Å².